The van der Waals surface area contributed by atoms with E-state index in [-0.39, 0.29) is 24.0 Å². The minimum absolute atomic E-state index is 0. The molecule has 0 aliphatic heterocycles. The average molecular weight is 446 g/mol. The smallest absolute Gasteiger partial charge is 0.191 e. The second-order valence-corrected chi connectivity index (χ2v) is 6.80. The van der Waals surface area contributed by atoms with Gasteiger partial charge in [-0.05, 0) is 37.6 Å². The van der Waals surface area contributed by atoms with Crippen molar-refractivity contribution in [1.82, 2.24) is 15.5 Å². The average Bonchev–Trinajstić information content (AvgIpc) is 2.50. The first-order chi connectivity index (χ1) is 11.0. The Morgan fingerprint density at radius 2 is 1.67 bits per heavy atom. The summed E-state index contributed by atoms with van der Waals surface area (Å²) in [5, 5.41) is 6.76. The highest BCUT2D eigenvalue weighted by Gasteiger charge is 2.00. The van der Waals surface area contributed by atoms with E-state index in [0.29, 0.717) is 0 Å². The molecule has 0 amide bonds. The fourth-order valence-electron chi connectivity index (χ4n) is 2.42. The summed E-state index contributed by atoms with van der Waals surface area (Å²) in [5.74, 6) is 1.68. The number of nitrogens with one attached hydrogen (secondary N) is 2. The van der Waals surface area contributed by atoms with Gasteiger partial charge in [-0.15, -0.1) is 24.0 Å². The predicted octanol–water partition coefficient (Wildman–Crippen LogP) is 3.86. The van der Waals surface area contributed by atoms with Crippen LogP contribution in [0.5, 0.6) is 0 Å². The minimum atomic E-state index is 0. The van der Waals surface area contributed by atoms with E-state index >= 15 is 0 Å². The summed E-state index contributed by atoms with van der Waals surface area (Å²) < 4.78 is 0. The molecule has 0 radical (unpaired) electrons. The van der Waals surface area contributed by atoms with Gasteiger partial charge in [0.15, 0.2) is 5.96 Å². The Hall–Kier alpha value is -0.820. The number of nitrogens with zero attached hydrogens (tertiary/aromatic N) is 2. The molecular weight excluding hydrogens is 411 g/mol. The van der Waals surface area contributed by atoms with Crippen molar-refractivity contribution < 1.29 is 0 Å². The van der Waals surface area contributed by atoms with E-state index in [2.05, 4.69) is 72.7 Å². The lowest BCUT2D eigenvalue weighted by molar-refractivity contribution is 0.402. The molecule has 0 atom stereocenters. The maximum absolute atomic E-state index is 4.28. The van der Waals surface area contributed by atoms with Crippen LogP contribution < -0.4 is 10.6 Å². The van der Waals surface area contributed by atoms with Crippen LogP contribution in [0.15, 0.2) is 29.3 Å². The van der Waals surface area contributed by atoms with Crippen LogP contribution in [-0.4, -0.2) is 38.5 Å². The molecule has 2 N–H and O–H groups in total. The summed E-state index contributed by atoms with van der Waals surface area (Å²) in [6, 6.07) is 8.75. The zero-order valence-electron chi connectivity index (χ0n) is 15.9. The first-order valence-electron chi connectivity index (χ1n) is 8.68. The molecule has 0 aliphatic rings. The van der Waals surface area contributed by atoms with E-state index in [1.807, 2.05) is 7.05 Å². The van der Waals surface area contributed by atoms with Crippen molar-refractivity contribution in [2.75, 3.05) is 27.7 Å². The zero-order chi connectivity index (χ0) is 17.1. The van der Waals surface area contributed by atoms with Gasteiger partial charge in [-0.1, -0.05) is 51.0 Å². The van der Waals surface area contributed by atoms with Crippen molar-refractivity contribution >= 4 is 29.9 Å². The van der Waals surface area contributed by atoms with E-state index in [1.54, 1.807) is 0 Å². The van der Waals surface area contributed by atoms with E-state index in [1.165, 1.54) is 30.4 Å². The molecular formula is C19H35IN4. The number of benzene rings is 1. The molecule has 0 aromatic heterocycles. The summed E-state index contributed by atoms with van der Waals surface area (Å²) in [6.07, 6.45) is 3.76. The van der Waals surface area contributed by atoms with E-state index in [4.69, 9.17) is 0 Å². The van der Waals surface area contributed by atoms with Crippen molar-refractivity contribution in [3.63, 3.8) is 0 Å². The predicted molar refractivity (Wildman–Crippen MR) is 116 cm³/mol. The van der Waals surface area contributed by atoms with Gasteiger partial charge >= 0.3 is 0 Å². The van der Waals surface area contributed by atoms with Gasteiger partial charge in [-0.3, -0.25) is 4.99 Å². The lowest BCUT2D eigenvalue weighted by atomic mass is 10.1. The second kappa shape index (κ2) is 13.5. The quantitative estimate of drug-likeness (QED) is 0.262. The second-order valence-electron chi connectivity index (χ2n) is 6.80. The van der Waals surface area contributed by atoms with Crippen molar-refractivity contribution in [3.05, 3.63) is 35.4 Å². The summed E-state index contributed by atoms with van der Waals surface area (Å²) in [4.78, 5) is 6.46. The van der Waals surface area contributed by atoms with Gasteiger partial charge in [-0.25, -0.2) is 0 Å². The molecule has 0 unspecified atom stereocenters. The summed E-state index contributed by atoms with van der Waals surface area (Å²) >= 11 is 0. The highest BCUT2D eigenvalue weighted by Crippen LogP contribution is 2.06. The standard InChI is InChI=1S/C19H34N4.HI/c1-16(2)8-6-7-13-21-19(20-3)22-14-17-9-11-18(12-10-17)15-23(4)5;/h9-12,16H,6-8,13-15H2,1-5H3,(H2,20,21,22);1H. The molecule has 24 heavy (non-hydrogen) atoms. The van der Waals surface area contributed by atoms with E-state index < -0.39 is 0 Å². The normalized spacial score (nSPS) is 11.5. The first kappa shape index (κ1) is 23.2. The first-order valence-corrected chi connectivity index (χ1v) is 8.68. The Bertz CT molecular complexity index is 455. The topological polar surface area (TPSA) is 39.7 Å². The molecule has 0 heterocycles. The highest BCUT2D eigenvalue weighted by molar-refractivity contribution is 14.0. The Kier molecular flexibility index (Phi) is 13.0. The Balaban J connectivity index is 0.00000529. The fraction of sp³-hybridized carbons (Fsp3) is 0.632. The van der Waals surface area contributed by atoms with Crippen molar-refractivity contribution in [3.8, 4) is 0 Å². The molecule has 4 nitrogen and oxygen atoms in total. The third kappa shape index (κ3) is 10.9. The molecule has 1 aromatic carbocycles. The van der Waals surface area contributed by atoms with Crippen LogP contribution in [-0.2, 0) is 13.1 Å². The van der Waals surface area contributed by atoms with Crippen molar-refractivity contribution in [1.29, 1.82) is 0 Å². The number of rotatable bonds is 9. The molecule has 0 spiro atoms. The molecule has 0 aliphatic carbocycles. The molecule has 0 saturated carbocycles. The van der Waals surface area contributed by atoms with Crippen LogP contribution >= 0.6 is 24.0 Å². The van der Waals surface area contributed by atoms with Gasteiger partial charge < -0.3 is 15.5 Å². The molecule has 0 saturated heterocycles. The number of hydrogen-bond acceptors (Lipinski definition) is 2. The Labute approximate surface area is 165 Å². The zero-order valence-corrected chi connectivity index (χ0v) is 18.3. The maximum atomic E-state index is 4.28. The number of hydrogen-bond donors (Lipinski definition) is 2. The largest absolute Gasteiger partial charge is 0.356 e. The summed E-state index contributed by atoms with van der Waals surface area (Å²) in [7, 11) is 6.00. The molecule has 0 bridgehead atoms. The molecule has 5 heteroatoms. The van der Waals surface area contributed by atoms with Crippen molar-refractivity contribution in [2.24, 2.45) is 10.9 Å². The SMILES string of the molecule is CN=C(NCCCCC(C)C)NCc1ccc(CN(C)C)cc1.I. The monoisotopic (exact) mass is 446 g/mol. The number of halogens is 1. The van der Waals surface area contributed by atoms with Crippen LogP contribution in [0, 0.1) is 5.92 Å². The third-order valence-corrected chi connectivity index (χ3v) is 3.71. The summed E-state index contributed by atoms with van der Waals surface area (Å²) in [6.45, 7) is 7.31. The third-order valence-electron chi connectivity index (χ3n) is 3.71. The highest BCUT2D eigenvalue weighted by atomic mass is 127. The lowest BCUT2D eigenvalue weighted by Gasteiger charge is -2.13. The fourth-order valence-corrected chi connectivity index (χ4v) is 2.42. The van der Waals surface area contributed by atoms with Gasteiger partial charge in [0.05, 0.1) is 0 Å². The van der Waals surface area contributed by atoms with Crippen LogP contribution in [0.2, 0.25) is 0 Å². The summed E-state index contributed by atoms with van der Waals surface area (Å²) in [5.41, 5.74) is 2.61. The van der Waals surface area contributed by atoms with Gasteiger partial charge in [0.2, 0.25) is 0 Å². The molecule has 1 rings (SSSR count). The molecule has 0 fully saturated rings. The van der Waals surface area contributed by atoms with E-state index in [0.717, 1.165) is 31.5 Å². The number of guanidine groups is 1. The van der Waals surface area contributed by atoms with Crippen LogP contribution in [0.3, 0.4) is 0 Å². The van der Waals surface area contributed by atoms with Gasteiger partial charge in [-0.2, -0.15) is 0 Å². The lowest BCUT2D eigenvalue weighted by Crippen LogP contribution is -2.37. The van der Waals surface area contributed by atoms with Crippen LogP contribution in [0.1, 0.15) is 44.2 Å². The van der Waals surface area contributed by atoms with Gasteiger partial charge in [0.1, 0.15) is 0 Å². The molecule has 1 aromatic rings. The van der Waals surface area contributed by atoms with Gasteiger partial charge in [0, 0.05) is 26.7 Å². The Morgan fingerprint density at radius 1 is 1.04 bits per heavy atom. The van der Waals surface area contributed by atoms with Crippen LogP contribution in [0.25, 0.3) is 0 Å². The minimum Gasteiger partial charge on any atom is -0.356 e. The van der Waals surface area contributed by atoms with Gasteiger partial charge in [0.25, 0.3) is 0 Å². The maximum Gasteiger partial charge on any atom is 0.191 e. The van der Waals surface area contributed by atoms with Crippen LogP contribution in [0.4, 0.5) is 0 Å². The Morgan fingerprint density at radius 3 is 2.21 bits per heavy atom. The number of aliphatic imine (C=N–C) groups is 1. The van der Waals surface area contributed by atoms with E-state index in [9.17, 15) is 0 Å². The molecule has 138 valence electrons. The number of unbranched alkanes of at least 4 members (excludes halogenated alkanes) is 1. The van der Waals surface area contributed by atoms with Crippen molar-refractivity contribution in [2.45, 2.75) is 46.2 Å².